The first-order chi connectivity index (χ1) is 18.4. The molecule has 3 aromatic rings. The first kappa shape index (κ1) is 25.6. The fraction of sp³-hybridized carbons (Fsp3) is 0.276. The van der Waals surface area contributed by atoms with Gasteiger partial charge in [0, 0.05) is 24.5 Å². The van der Waals surface area contributed by atoms with Gasteiger partial charge in [-0.15, -0.1) is 0 Å². The molecule has 3 amide bonds. The van der Waals surface area contributed by atoms with Crippen molar-refractivity contribution in [2.24, 2.45) is 0 Å². The lowest BCUT2D eigenvalue weighted by Crippen LogP contribution is -2.57. The molecule has 196 valence electrons. The Kier molecular flexibility index (Phi) is 7.24. The van der Waals surface area contributed by atoms with E-state index in [9.17, 15) is 14.4 Å². The van der Waals surface area contributed by atoms with E-state index in [2.05, 4.69) is 10.2 Å². The molecule has 5 rings (SSSR count). The van der Waals surface area contributed by atoms with E-state index in [1.165, 1.54) is 0 Å². The second-order valence-corrected chi connectivity index (χ2v) is 9.90. The molecule has 0 aliphatic carbocycles. The van der Waals surface area contributed by atoms with Gasteiger partial charge >= 0.3 is 0 Å². The Morgan fingerprint density at radius 2 is 1.61 bits per heavy atom. The third-order valence-electron chi connectivity index (χ3n) is 7.27. The van der Waals surface area contributed by atoms with Crippen molar-refractivity contribution in [1.82, 2.24) is 9.80 Å². The number of nitrogens with one attached hydrogen (secondary N) is 1. The molecule has 38 heavy (non-hydrogen) atoms. The third kappa shape index (κ3) is 4.91. The summed E-state index contributed by atoms with van der Waals surface area (Å²) in [5, 5.41) is 3.27. The number of anilines is 2. The number of piperidine rings is 1. The molecule has 3 aromatic carbocycles. The Balaban J connectivity index is 1.33. The third-order valence-corrected chi connectivity index (χ3v) is 7.60. The number of halogens is 1. The molecule has 2 aliphatic heterocycles. The van der Waals surface area contributed by atoms with Crippen molar-refractivity contribution in [3.63, 3.8) is 0 Å². The molecule has 0 saturated carbocycles. The fourth-order valence-electron chi connectivity index (χ4n) is 5.26. The highest BCUT2D eigenvalue weighted by Crippen LogP contribution is 2.40. The van der Waals surface area contributed by atoms with Crippen molar-refractivity contribution in [3.8, 4) is 5.75 Å². The SMILES string of the molecule is COc1ccc(NC(=O)CN2CN(c3ccccc3)C3(CCN(C(=O)c4ccccc4Cl)CC3)C2=O)cc1. The number of para-hydroxylation sites is 1. The van der Waals surface area contributed by atoms with Gasteiger partial charge in [-0.2, -0.15) is 0 Å². The number of nitrogens with zero attached hydrogens (tertiary/aromatic N) is 3. The van der Waals surface area contributed by atoms with Crippen molar-refractivity contribution in [2.45, 2.75) is 18.4 Å². The number of benzene rings is 3. The van der Waals surface area contributed by atoms with Crippen molar-refractivity contribution in [1.29, 1.82) is 0 Å². The van der Waals surface area contributed by atoms with Crippen LogP contribution in [0.1, 0.15) is 23.2 Å². The van der Waals surface area contributed by atoms with Gasteiger partial charge < -0.3 is 24.8 Å². The number of likely N-dealkylation sites (tertiary alicyclic amines) is 1. The van der Waals surface area contributed by atoms with E-state index in [1.54, 1.807) is 65.4 Å². The van der Waals surface area contributed by atoms with Crippen LogP contribution in [0.5, 0.6) is 5.75 Å². The lowest BCUT2D eigenvalue weighted by molar-refractivity contribution is -0.136. The summed E-state index contributed by atoms with van der Waals surface area (Å²) in [7, 11) is 1.58. The monoisotopic (exact) mass is 532 g/mol. The van der Waals surface area contributed by atoms with Crippen LogP contribution in [0.2, 0.25) is 5.02 Å². The van der Waals surface area contributed by atoms with Gasteiger partial charge in [-0.05, 0) is 61.4 Å². The lowest BCUT2D eigenvalue weighted by Gasteiger charge is -2.43. The van der Waals surface area contributed by atoms with Gasteiger partial charge in [-0.3, -0.25) is 14.4 Å². The number of carbonyl (C=O) groups is 3. The minimum Gasteiger partial charge on any atom is -0.497 e. The Hall–Kier alpha value is -4.04. The maximum atomic E-state index is 13.9. The summed E-state index contributed by atoms with van der Waals surface area (Å²) in [5.74, 6) is 0.173. The van der Waals surface area contributed by atoms with Crippen molar-refractivity contribution < 1.29 is 19.1 Å². The number of hydrogen-bond acceptors (Lipinski definition) is 5. The molecule has 0 aromatic heterocycles. The van der Waals surface area contributed by atoms with Crippen LogP contribution in [0, 0.1) is 0 Å². The largest absolute Gasteiger partial charge is 0.497 e. The second kappa shape index (κ2) is 10.8. The summed E-state index contributed by atoms with van der Waals surface area (Å²) in [6.07, 6.45) is 0.904. The van der Waals surface area contributed by atoms with Crippen LogP contribution in [0.3, 0.4) is 0 Å². The number of amides is 3. The minimum atomic E-state index is -0.834. The highest BCUT2D eigenvalue weighted by molar-refractivity contribution is 6.33. The van der Waals surface area contributed by atoms with Crippen LogP contribution < -0.4 is 15.0 Å². The number of methoxy groups -OCH3 is 1. The second-order valence-electron chi connectivity index (χ2n) is 9.49. The standard InChI is InChI=1S/C29H29ClN4O4/c1-38-23-13-11-21(12-14-23)31-26(35)19-33-20-34(22-7-3-2-4-8-22)29(28(33)37)15-17-32(18-16-29)27(36)24-9-5-6-10-25(24)30/h2-14H,15-20H2,1H3,(H,31,35). The summed E-state index contributed by atoms with van der Waals surface area (Å²) >= 11 is 6.27. The summed E-state index contributed by atoms with van der Waals surface area (Å²) in [5.41, 5.74) is 1.16. The molecule has 2 aliphatic rings. The van der Waals surface area contributed by atoms with E-state index in [-0.39, 0.29) is 30.9 Å². The van der Waals surface area contributed by atoms with Crippen LogP contribution in [-0.4, -0.2) is 66.5 Å². The molecule has 0 bridgehead atoms. The zero-order valence-electron chi connectivity index (χ0n) is 21.1. The smallest absolute Gasteiger partial charge is 0.255 e. The van der Waals surface area contributed by atoms with Gasteiger partial charge in [-0.25, -0.2) is 0 Å². The maximum absolute atomic E-state index is 13.9. The van der Waals surface area contributed by atoms with E-state index in [1.807, 2.05) is 30.3 Å². The molecule has 2 heterocycles. The van der Waals surface area contributed by atoms with Crippen molar-refractivity contribution >= 4 is 40.7 Å². The van der Waals surface area contributed by atoms with E-state index in [0.29, 0.717) is 48.0 Å². The molecule has 9 heteroatoms. The Morgan fingerprint density at radius 1 is 0.947 bits per heavy atom. The number of ether oxygens (including phenoxy) is 1. The van der Waals surface area contributed by atoms with Crippen LogP contribution in [0.25, 0.3) is 0 Å². The van der Waals surface area contributed by atoms with Crippen molar-refractivity contribution in [2.75, 3.05) is 43.6 Å². The average Bonchev–Trinajstić information content (AvgIpc) is 3.20. The first-order valence-corrected chi connectivity index (χ1v) is 12.9. The van der Waals surface area contributed by atoms with E-state index in [4.69, 9.17) is 16.3 Å². The fourth-order valence-corrected chi connectivity index (χ4v) is 5.47. The van der Waals surface area contributed by atoms with E-state index in [0.717, 1.165) is 5.69 Å². The molecule has 2 fully saturated rings. The molecule has 2 saturated heterocycles. The molecule has 0 atom stereocenters. The van der Waals surface area contributed by atoms with Crippen molar-refractivity contribution in [3.05, 3.63) is 89.4 Å². The lowest BCUT2D eigenvalue weighted by atomic mass is 9.85. The highest BCUT2D eigenvalue weighted by Gasteiger charge is 2.54. The van der Waals surface area contributed by atoms with Crippen LogP contribution in [0.15, 0.2) is 78.9 Å². The first-order valence-electron chi connectivity index (χ1n) is 12.5. The Bertz CT molecular complexity index is 1320. The highest BCUT2D eigenvalue weighted by atomic mass is 35.5. The van der Waals surface area contributed by atoms with E-state index < -0.39 is 5.54 Å². The summed E-state index contributed by atoms with van der Waals surface area (Å²) in [4.78, 5) is 45.4. The predicted octanol–water partition coefficient (Wildman–Crippen LogP) is 4.27. The average molecular weight is 533 g/mol. The molecule has 0 unspecified atom stereocenters. The summed E-state index contributed by atoms with van der Waals surface area (Å²) in [6.45, 7) is 1.03. The Labute approximate surface area is 226 Å². The topological polar surface area (TPSA) is 82.2 Å². The quantitative estimate of drug-likeness (QED) is 0.513. The Morgan fingerprint density at radius 3 is 2.26 bits per heavy atom. The van der Waals surface area contributed by atoms with Gasteiger partial charge in [0.15, 0.2) is 0 Å². The van der Waals surface area contributed by atoms with Gasteiger partial charge in [0.2, 0.25) is 5.91 Å². The van der Waals surface area contributed by atoms with E-state index >= 15 is 0 Å². The van der Waals surface area contributed by atoms with Gasteiger partial charge in [-0.1, -0.05) is 41.9 Å². The van der Waals surface area contributed by atoms with Gasteiger partial charge in [0.1, 0.15) is 17.8 Å². The number of rotatable bonds is 6. The summed E-state index contributed by atoms with van der Waals surface area (Å²) < 4.78 is 5.16. The van der Waals surface area contributed by atoms with Gasteiger partial charge in [0.25, 0.3) is 11.8 Å². The molecular formula is C29H29ClN4O4. The minimum absolute atomic E-state index is 0.0712. The maximum Gasteiger partial charge on any atom is 0.255 e. The molecule has 8 nitrogen and oxygen atoms in total. The predicted molar refractivity (Wildman–Crippen MR) is 146 cm³/mol. The summed E-state index contributed by atoms with van der Waals surface area (Å²) in [6, 6.07) is 23.8. The normalized spacial score (nSPS) is 16.6. The molecular weight excluding hydrogens is 504 g/mol. The molecule has 1 spiro atoms. The molecule has 1 N–H and O–H groups in total. The van der Waals surface area contributed by atoms with Crippen LogP contribution in [-0.2, 0) is 9.59 Å². The van der Waals surface area contributed by atoms with Crippen LogP contribution >= 0.6 is 11.6 Å². The van der Waals surface area contributed by atoms with Crippen LogP contribution in [0.4, 0.5) is 11.4 Å². The van der Waals surface area contributed by atoms with Gasteiger partial charge in [0.05, 0.1) is 24.4 Å². The molecule has 0 radical (unpaired) electrons. The zero-order chi connectivity index (χ0) is 26.7. The number of hydrogen-bond donors (Lipinski definition) is 1. The zero-order valence-corrected chi connectivity index (χ0v) is 21.9. The number of carbonyl (C=O) groups excluding carboxylic acids is 3.